The van der Waals surface area contributed by atoms with Crippen molar-refractivity contribution in [3.63, 3.8) is 0 Å². The van der Waals surface area contributed by atoms with E-state index in [-0.39, 0.29) is 11.9 Å². The predicted molar refractivity (Wildman–Crippen MR) is 73.0 cm³/mol. The fourth-order valence-electron chi connectivity index (χ4n) is 1.76. The Morgan fingerprint density at radius 3 is 2.78 bits per heavy atom. The summed E-state index contributed by atoms with van der Waals surface area (Å²) < 4.78 is 0. The Labute approximate surface area is 112 Å². The van der Waals surface area contributed by atoms with Gasteiger partial charge in [-0.1, -0.05) is 11.3 Å². The van der Waals surface area contributed by atoms with E-state index in [0.29, 0.717) is 10.9 Å². The van der Waals surface area contributed by atoms with Crippen LogP contribution in [0.2, 0.25) is 0 Å². The summed E-state index contributed by atoms with van der Waals surface area (Å²) in [6.07, 6.45) is 2.49. The zero-order chi connectivity index (χ0) is 13.1. The number of amides is 1. The van der Waals surface area contributed by atoms with Crippen molar-refractivity contribution in [2.24, 2.45) is 5.92 Å². The van der Waals surface area contributed by atoms with Gasteiger partial charge in [-0.05, 0) is 39.5 Å². The Balaban J connectivity index is 2.05. The Hall–Kier alpha value is -1.17. The molecule has 0 aromatic carbocycles. The van der Waals surface area contributed by atoms with Gasteiger partial charge in [0, 0.05) is 19.1 Å². The molecule has 1 aromatic heterocycles. The van der Waals surface area contributed by atoms with Crippen molar-refractivity contribution < 1.29 is 4.79 Å². The van der Waals surface area contributed by atoms with Crippen LogP contribution in [0.1, 0.15) is 43.4 Å². The van der Waals surface area contributed by atoms with Crippen molar-refractivity contribution in [3.05, 3.63) is 5.01 Å². The quantitative estimate of drug-likeness (QED) is 0.859. The van der Waals surface area contributed by atoms with Gasteiger partial charge in [0.25, 0.3) is 5.91 Å². The van der Waals surface area contributed by atoms with Gasteiger partial charge in [0.15, 0.2) is 0 Å². The standard InChI is InChI=1S/C12H20N4OS/c1-4-13-12-15-14-10(18-12)11(17)16(8(2)3)7-9-5-6-9/h8-9H,4-7H2,1-3H3,(H,13,15). The molecule has 1 aromatic rings. The molecular weight excluding hydrogens is 248 g/mol. The maximum atomic E-state index is 12.4. The SMILES string of the molecule is CCNc1nnc(C(=O)N(CC2CC2)C(C)C)s1. The molecule has 1 aliphatic rings. The molecule has 0 spiro atoms. The molecule has 0 saturated heterocycles. The van der Waals surface area contributed by atoms with Gasteiger partial charge < -0.3 is 10.2 Å². The van der Waals surface area contributed by atoms with Gasteiger partial charge in [-0.3, -0.25) is 4.79 Å². The predicted octanol–water partition coefficient (Wildman–Crippen LogP) is 2.23. The van der Waals surface area contributed by atoms with Gasteiger partial charge in [0.2, 0.25) is 10.1 Å². The van der Waals surface area contributed by atoms with Crippen molar-refractivity contribution in [3.8, 4) is 0 Å². The molecule has 6 heteroatoms. The molecule has 1 N–H and O–H groups in total. The zero-order valence-corrected chi connectivity index (χ0v) is 12.0. The highest BCUT2D eigenvalue weighted by Crippen LogP contribution is 2.31. The number of rotatable bonds is 6. The minimum atomic E-state index is 0.0125. The summed E-state index contributed by atoms with van der Waals surface area (Å²) in [5, 5.41) is 12.2. The van der Waals surface area contributed by atoms with Gasteiger partial charge in [0.1, 0.15) is 0 Å². The maximum Gasteiger partial charge on any atom is 0.285 e. The van der Waals surface area contributed by atoms with Crippen LogP contribution in [0.25, 0.3) is 0 Å². The number of hydrogen-bond donors (Lipinski definition) is 1. The Morgan fingerprint density at radius 2 is 2.22 bits per heavy atom. The Morgan fingerprint density at radius 1 is 1.50 bits per heavy atom. The third-order valence-electron chi connectivity index (χ3n) is 2.97. The smallest absolute Gasteiger partial charge is 0.285 e. The molecule has 1 amide bonds. The highest BCUT2D eigenvalue weighted by molar-refractivity contribution is 7.17. The summed E-state index contributed by atoms with van der Waals surface area (Å²) in [5.41, 5.74) is 0. The monoisotopic (exact) mass is 268 g/mol. The van der Waals surface area contributed by atoms with Crippen LogP contribution in [-0.2, 0) is 0 Å². The molecule has 0 bridgehead atoms. The minimum absolute atomic E-state index is 0.0125. The number of nitrogens with zero attached hydrogens (tertiary/aromatic N) is 3. The fourth-order valence-corrected chi connectivity index (χ4v) is 2.53. The first kappa shape index (κ1) is 13.3. The van der Waals surface area contributed by atoms with Gasteiger partial charge in [-0.25, -0.2) is 0 Å². The van der Waals surface area contributed by atoms with E-state index >= 15 is 0 Å². The van der Waals surface area contributed by atoms with E-state index in [2.05, 4.69) is 15.5 Å². The lowest BCUT2D eigenvalue weighted by atomic mass is 10.2. The van der Waals surface area contributed by atoms with Crippen LogP contribution in [0.5, 0.6) is 0 Å². The van der Waals surface area contributed by atoms with Gasteiger partial charge in [-0.15, -0.1) is 10.2 Å². The topological polar surface area (TPSA) is 58.1 Å². The van der Waals surface area contributed by atoms with Gasteiger partial charge >= 0.3 is 0 Å². The second kappa shape index (κ2) is 5.65. The van der Waals surface area contributed by atoms with Crippen LogP contribution in [0, 0.1) is 5.92 Å². The summed E-state index contributed by atoms with van der Waals surface area (Å²) in [4.78, 5) is 14.3. The second-order valence-corrected chi connectivity index (χ2v) is 5.91. The molecule has 18 heavy (non-hydrogen) atoms. The zero-order valence-electron chi connectivity index (χ0n) is 11.1. The molecule has 1 aliphatic carbocycles. The molecule has 0 radical (unpaired) electrons. The molecule has 1 heterocycles. The first-order valence-corrected chi connectivity index (χ1v) is 7.31. The summed E-state index contributed by atoms with van der Waals surface area (Å²) in [6.45, 7) is 7.74. The van der Waals surface area contributed by atoms with E-state index in [1.165, 1.54) is 24.2 Å². The van der Waals surface area contributed by atoms with Crippen molar-refractivity contribution >= 4 is 22.4 Å². The van der Waals surface area contributed by atoms with Crippen LogP contribution in [0.3, 0.4) is 0 Å². The van der Waals surface area contributed by atoms with Crippen molar-refractivity contribution in [2.75, 3.05) is 18.4 Å². The number of anilines is 1. The average Bonchev–Trinajstić information content (AvgIpc) is 3.03. The van der Waals surface area contributed by atoms with E-state index in [1.54, 1.807) is 0 Å². The highest BCUT2D eigenvalue weighted by Gasteiger charge is 2.30. The summed E-state index contributed by atoms with van der Waals surface area (Å²) in [7, 11) is 0. The number of aromatic nitrogens is 2. The van der Waals surface area contributed by atoms with E-state index in [4.69, 9.17) is 0 Å². The molecule has 100 valence electrons. The second-order valence-electron chi connectivity index (χ2n) is 4.94. The van der Waals surface area contributed by atoms with Crippen LogP contribution in [-0.4, -0.2) is 40.1 Å². The fraction of sp³-hybridized carbons (Fsp3) is 0.750. The Bertz CT molecular complexity index is 414. The lowest BCUT2D eigenvalue weighted by Crippen LogP contribution is -2.38. The average molecular weight is 268 g/mol. The number of hydrogen-bond acceptors (Lipinski definition) is 5. The van der Waals surface area contributed by atoms with Gasteiger partial charge in [0.05, 0.1) is 0 Å². The van der Waals surface area contributed by atoms with E-state index in [0.717, 1.165) is 18.2 Å². The normalized spacial score (nSPS) is 14.9. The third kappa shape index (κ3) is 3.19. The number of carbonyl (C=O) groups is 1. The lowest BCUT2D eigenvalue weighted by Gasteiger charge is -2.25. The summed E-state index contributed by atoms with van der Waals surface area (Å²) in [5.74, 6) is 0.705. The molecular formula is C12H20N4OS. The largest absolute Gasteiger partial charge is 0.360 e. The first-order valence-electron chi connectivity index (χ1n) is 6.50. The first-order chi connectivity index (χ1) is 8.61. The van der Waals surface area contributed by atoms with E-state index in [1.807, 2.05) is 25.7 Å². The number of carbonyl (C=O) groups excluding carboxylic acids is 1. The van der Waals surface area contributed by atoms with Crippen LogP contribution >= 0.6 is 11.3 Å². The van der Waals surface area contributed by atoms with E-state index in [9.17, 15) is 4.79 Å². The summed E-state index contributed by atoms with van der Waals surface area (Å²) in [6, 6.07) is 0.213. The number of nitrogens with one attached hydrogen (secondary N) is 1. The van der Waals surface area contributed by atoms with Crippen LogP contribution in [0.4, 0.5) is 5.13 Å². The van der Waals surface area contributed by atoms with Crippen molar-refractivity contribution in [1.82, 2.24) is 15.1 Å². The van der Waals surface area contributed by atoms with E-state index < -0.39 is 0 Å². The Kier molecular flexibility index (Phi) is 4.16. The molecule has 0 atom stereocenters. The third-order valence-corrected chi connectivity index (χ3v) is 3.84. The van der Waals surface area contributed by atoms with Crippen LogP contribution in [0.15, 0.2) is 0 Å². The minimum Gasteiger partial charge on any atom is -0.360 e. The highest BCUT2D eigenvalue weighted by atomic mass is 32.1. The molecule has 1 saturated carbocycles. The molecule has 2 rings (SSSR count). The van der Waals surface area contributed by atoms with Gasteiger partial charge in [-0.2, -0.15) is 0 Å². The van der Waals surface area contributed by atoms with Crippen molar-refractivity contribution in [1.29, 1.82) is 0 Å². The molecule has 5 nitrogen and oxygen atoms in total. The van der Waals surface area contributed by atoms with Crippen molar-refractivity contribution in [2.45, 2.75) is 39.7 Å². The molecule has 0 unspecified atom stereocenters. The van der Waals surface area contributed by atoms with Crippen LogP contribution < -0.4 is 5.32 Å². The lowest BCUT2D eigenvalue weighted by molar-refractivity contribution is 0.0695. The summed E-state index contributed by atoms with van der Waals surface area (Å²) >= 11 is 1.33. The maximum absolute atomic E-state index is 12.4. The molecule has 1 fully saturated rings. The molecule has 0 aliphatic heterocycles.